The summed E-state index contributed by atoms with van der Waals surface area (Å²) in [7, 11) is 0. The van der Waals surface area contributed by atoms with Gasteiger partial charge in [0.05, 0.1) is 5.69 Å². The van der Waals surface area contributed by atoms with Crippen LogP contribution in [0.3, 0.4) is 0 Å². The fraction of sp³-hybridized carbons (Fsp3) is 0.474. The second-order valence-electron chi connectivity index (χ2n) is 6.74. The molecular weight excluding hydrogens is 314 g/mol. The Balaban J connectivity index is 2.19. The van der Waals surface area contributed by atoms with Crippen molar-refractivity contribution in [1.82, 2.24) is 15.2 Å². The van der Waals surface area contributed by atoms with Crippen LogP contribution < -0.4 is 10.1 Å². The third kappa shape index (κ3) is 4.90. The monoisotopic (exact) mass is 339 g/mol. The van der Waals surface area contributed by atoms with Crippen LogP contribution in [0, 0.1) is 11.3 Å². The van der Waals surface area contributed by atoms with Gasteiger partial charge in [-0.05, 0) is 50.8 Å². The molecule has 0 aliphatic carbocycles. The highest BCUT2D eigenvalue weighted by Gasteiger charge is 2.15. The second kappa shape index (κ2) is 7.93. The van der Waals surface area contributed by atoms with E-state index in [0.717, 1.165) is 29.7 Å². The van der Waals surface area contributed by atoms with Gasteiger partial charge in [0.25, 0.3) is 0 Å². The summed E-state index contributed by atoms with van der Waals surface area (Å²) in [4.78, 5) is 4.23. The molecule has 0 aliphatic heterocycles. The number of hydrogen-bond donors (Lipinski definition) is 1. The third-order valence-corrected chi connectivity index (χ3v) is 3.63. The fourth-order valence-electron chi connectivity index (χ4n) is 2.53. The van der Waals surface area contributed by atoms with Gasteiger partial charge in [-0.15, -0.1) is 5.10 Å². The van der Waals surface area contributed by atoms with E-state index in [-0.39, 0.29) is 5.60 Å². The SMILES string of the molecule is CCc1nnc(NCc2ccnc(OC(C)(C)C)c2)c(C#N)c1CC. The van der Waals surface area contributed by atoms with Crippen molar-refractivity contribution in [3.63, 3.8) is 0 Å². The average Bonchev–Trinajstić information content (AvgIpc) is 2.57. The molecular formula is C19H25N5O. The van der Waals surface area contributed by atoms with E-state index in [2.05, 4.69) is 26.6 Å². The van der Waals surface area contributed by atoms with Crippen LogP contribution in [-0.4, -0.2) is 20.8 Å². The van der Waals surface area contributed by atoms with Crippen molar-refractivity contribution in [3.05, 3.63) is 40.7 Å². The Morgan fingerprint density at radius 3 is 2.56 bits per heavy atom. The summed E-state index contributed by atoms with van der Waals surface area (Å²) in [6.07, 6.45) is 3.24. The maximum atomic E-state index is 9.53. The number of rotatable bonds is 6. The number of aromatic nitrogens is 3. The molecule has 2 aromatic rings. The van der Waals surface area contributed by atoms with Gasteiger partial charge in [-0.1, -0.05) is 13.8 Å². The zero-order chi connectivity index (χ0) is 18.4. The molecule has 2 aromatic heterocycles. The Hall–Kier alpha value is -2.68. The Morgan fingerprint density at radius 2 is 1.96 bits per heavy atom. The second-order valence-corrected chi connectivity index (χ2v) is 6.74. The first-order chi connectivity index (χ1) is 11.9. The van der Waals surface area contributed by atoms with E-state index in [1.165, 1.54) is 0 Å². The summed E-state index contributed by atoms with van der Waals surface area (Å²) >= 11 is 0. The molecule has 2 rings (SSSR count). The molecule has 6 nitrogen and oxygen atoms in total. The van der Waals surface area contributed by atoms with Crippen LogP contribution in [0.25, 0.3) is 0 Å². The summed E-state index contributed by atoms with van der Waals surface area (Å²) in [5.74, 6) is 1.10. The van der Waals surface area contributed by atoms with Crippen LogP contribution in [0.15, 0.2) is 18.3 Å². The smallest absolute Gasteiger partial charge is 0.214 e. The maximum absolute atomic E-state index is 9.53. The van der Waals surface area contributed by atoms with Crippen molar-refractivity contribution in [2.24, 2.45) is 0 Å². The number of nitrogens with zero attached hydrogens (tertiary/aromatic N) is 4. The van der Waals surface area contributed by atoms with Gasteiger partial charge in [-0.25, -0.2) is 4.98 Å². The molecule has 2 heterocycles. The molecule has 0 aromatic carbocycles. The highest BCUT2D eigenvalue weighted by Crippen LogP contribution is 2.21. The van der Waals surface area contributed by atoms with E-state index in [9.17, 15) is 5.26 Å². The Kier molecular flexibility index (Phi) is 5.92. The van der Waals surface area contributed by atoms with Crippen molar-refractivity contribution in [2.75, 3.05) is 5.32 Å². The Bertz CT molecular complexity index is 774. The number of pyridine rings is 1. The lowest BCUT2D eigenvalue weighted by Crippen LogP contribution is -2.23. The largest absolute Gasteiger partial charge is 0.472 e. The quantitative estimate of drug-likeness (QED) is 0.864. The lowest BCUT2D eigenvalue weighted by atomic mass is 10.0. The van der Waals surface area contributed by atoms with Crippen molar-refractivity contribution in [1.29, 1.82) is 5.26 Å². The van der Waals surface area contributed by atoms with Crippen molar-refractivity contribution < 1.29 is 4.74 Å². The van der Waals surface area contributed by atoms with Crippen LogP contribution in [0.2, 0.25) is 0 Å². The summed E-state index contributed by atoms with van der Waals surface area (Å²) in [5.41, 5.74) is 3.13. The number of hydrogen-bond acceptors (Lipinski definition) is 6. The van der Waals surface area contributed by atoms with Gasteiger partial charge >= 0.3 is 0 Å². The standard InChI is InChI=1S/C19H25N5O/c1-6-14-15(11-20)18(24-23-16(14)7-2)22-12-13-8-9-21-17(10-13)25-19(3,4)5/h8-10H,6-7,12H2,1-5H3,(H,22,24). The molecule has 0 saturated carbocycles. The van der Waals surface area contributed by atoms with E-state index in [4.69, 9.17) is 4.74 Å². The lowest BCUT2D eigenvalue weighted by molar-refractivity contribution is 0.124. The number of nitriles is 1. The van der Waals surface area contributed by atoms with Gasteiger partial charge in [0.2, 0.25) is 5.88 Å². The summed E-state index contributed by atoms with van der Waals surface area (Å²) in [6, 6.07) is 6.06. The third-order valence-electron chi connectivity index (χ3n) is 3.63. The molecule has 0 aliphatic rings. The molecule has 0 saturated heterocycles. The van der Waals surface area contributed by atoms with Gasteiger partial charge in [0.1, 0.15) is 17.2 Å². The Morgan fingerprint density at radius 1 is 1.20 bits per heavy atom. The van der Waals surface area contributed by atoms with Gasteiger partial charge < -0.3 is 10.1 Å². The van der Waals surface area contributed by atoms with Gasteiger partial charge in [-0.3, -0.25) is 0 Å². The fourth-order valence-corrected chi connectivity index (χ4v) is 2.53. The molecule has 6 heteroatoms. The summed E-state index contributed by atoms with van der Waals surface area (Å²) < 4.78 is 5.79. The molecule has 132 valence electrons. The van der Waals surface area contributed by atoms with E-state index < -0.39 is 0 Å². The summed E-state index contributed by atoms with van der Waals surface area (Å²) in [5, 5.41) is 21.2. The molecule has 0 radical (unpaired) electrons. The predicted octanol–water partition coefficient (Wildman–Crippen LogP) is 3.66. The molecule has 0 amide bonds. The number of nitrogens with one attached hydrogen (secondary N) is 1. The average molecular weight is 339 g/mol. The first-order valence-electron chi connectivity index (χ1n) is 8.54. The van der Waals surface area contributed by atoms with E-state index in [1.54, 1.807) is 6.20 Å². The summed E-state index contributed by atoms with van der Waals surface area (Å²) in [6.45, 7) is 10.5. The van der Waals surface area contributed by atoms with Crippen LogP contribution in [0.4, 0.5) is 5.82 Å². The van der Waals surface area contributed by atoms with Crippen LogP contribution in [0.1, 0.15) is 57.0 Å². The minimum atomic E-state index is -0.301. The molecule has 0 spiro atoms. The van der Waals surface area contributed by atoms with Crippen molar-refractivity contribution in [2.45, 2.75) is 59.6 Å². The molecule has 0 unspecified atom stereocenters. The number of aryl methyl sites for hydroxylation is 1. The highest BCUT2D eigenvalue weighted by atomic mass is 16.5. The number of ether oxygens (including phenoxy) is 1. The zero-order valence-corrected chi connectivity index (χ0v) is 15.6. The highest BCUT2D eigenvalue weighted by molar-refractivity contribution is 5.56. The minimum Gasteiger partial charge on any atom is -0.472 e. The van der Waals surface area contributed by atoms with Crippen molar-refractivity contribution >= 4 is 5.82 Å². The van der Waals surface area contributed by atoms with Gasteiger partial charge in [0.15, 0.2) is 5.82 Å². The van der Waals surface area contributed by atoms with Gasteiger partial charge in [0, 0.05) is 18.8 Å². The maximum Gasteiger partial charge on any atom is 0.214 e. The minimum absolute atomic E-state index is 0.301. The topological polar surface area (TPSA) is 83.7 Å². The zero-order valence-electron chi connectivity index (χ0n) is 15.6. The first-order valence-corrected chi connectivity index (χ1v) is 8.54. The lowest BCUT2D eigenvalue weighted by Gasteiger charge is -2.20. The van der Waals surface area contributed by atoms with E-state index in [0.29, 0.717) is 23.8 Å². The molecule has 25 heavy (non-hydrogen) atoms. The van der Waals surface area contributed by atoms with Crippen LogP contribution in [-0.2, 0) is 19.4 Å². The van der Waals surface area contributed by atoms with E-state index in [1.807, 2.05) is 46.8 Å². The van der Waals surface area contributed by atoms with E-state index >= 15 is 0 Å². The predicted molar refractivity (Wildman–Crippen MR) is 97.4 cm³/mol. The van der Waals surface area contributed by atoms with Crippen LogP contribution >= 0.6 is 0 Å². The first kappa shape index (κ1) is 18.7. The number of anilines is 1. The van der Waals surface area contributed by atoms with Crippen LogP contribution in [0.5, 0.6) is 5.88 Å². The molecule has 0 atom stereocenters. The molecule has 0 bridgehead atoms. The Labute approximate surface area is 149 Å². The molecule has 1 N–H and O–H groups in total. The van der Waals surface area contributed by atoms with Gasteiger partial charge in [-0.2, -0.15) is 10.4 Å². The van der Waals surface area contributed by atoms with Crippen molar-refractivity contribution in [3.8, 4) is 11.9 Å². The normalized spacial score (nSPS) is 11.0. The molecule has 0 fully saturated rings.